The number of para-hydroxylation sites is 1. The van der Waals surface area contributed by atoms with Gasteiger partial charge in [0.1, 0.15) is 5.75 Å². The first-order chi connectivity index (χ1) is 14.8. The highest BCUT2D eigenvalue weighted by molar-refractivity contribution is 6.06. The van der Waals surface area contributed by atoms with Gasteiger partial charge in [0, 0.05) is 23.2 Å². The van der Waals surface area contributed by atoms with E-state index in [0.717, 1.165) is 6.42 Å². The zero-order valence-corrected chi connectivity index (χ0v) is 18.1. The van der Waals surface area contributed by atoms with Crippen LogP contribution >= 0.6 is 0 Å². The van der Waals surface area contributed by atoms with Crippen molar-refractivity contribution in [3.8, 4) is 5.75 Å². The maximum Gasteiger partial charge on any atom is 0.259 e. The summed E-state index contributed by atoms with van der Waals surface area (Å²) in [6, 6.07) is 24.3. The van der Waals surface area contributed by atoms with Crippen molar-refractivity contribution >= 4 is 23.2 Å². The van der Waals surface area contributed by atoms with E-state index in [0.29, 0.717) is 29.3 Å². The molecule has 0 bridgehead atoms. The molecule has 0 aliphatic carbocycles. The van der Waals surface area contributed by atoms with Gasteiger partial charge in [0.2, 0.25) is 5.91 Å². The molecule has 31 heavy (non-hydrogen) atoms. The summed E-state index contributed by atoms with van der Waals surface area (Å²) < 4.78 is 5.90. The Kier molecular flexibility index (Phi) is 7.08. The zero-order chi connectivity index (χ0) is 22.3. The maximum absolute atomic E-state index is 12.9. The van der Waals surface area contributed by atoms with E-state index in [2.05, 4.69) is 10.6 Å². The van der Waals surface area contributed by atoms with E-state index in [1.165, 1.54) is 5.56 Å². The van der Waals surface area contributed by atoms with Gasteiger partial charge in [0.15, 0.2) is 0 Å². The average Bonchev–Trinajstić information content (AvgIpc) is 2.74. The number of amides is 2. The van der Waals surface area contributed by atoms with Gasteiger partial charge < -0.3 is 15.4 Å². The molecular formula is C26H28N2O3. The summed E-state index contributed by atoms with van der Waals surface area (Å²) >= 11 is 0. The molecule has 3 rings (SSSR count). The van der Waals surface area contributed by atoms with Crippen molar-refractivity contribution in [2.24, 2.45) is 5.41 Å². The second-order valence-corrected chi connectivity index (χ2v) is 8.32. The Balaban J connectivity index is 1.65. The second kappa shape index (κ2) is 9.94. The number of carbonyl (C=O) groups excluding carboxylic acids is 2. The number of nitrogens with one attached hydrogen (secondary N) is 2. The van der Waals surface area contributed by atoms with Crippen LogP contribution in [0.15, 0.2) is 78.9 Å². The average molecular weight is 417 g/mol. The molecule has 5 heteroatoms. The predicted molar refractivity (Wildman–Crippen MR) is 125 cm³/mol. The SMILES string of the molecule is CC(C)(C)C(=O)Nc1cccc(NC(=O)c2ccccc2OCCc2ccccc2)c1. The Labute approximate surface area is 183 Å². The fourth-order valence-corrected chi connectivity index (χ4v) is 2.90. The van der Waals surface area contributed by atoms with E-state index in [1.807, 2.05) is 57.2 Å². The summed E-state index contributed by atoms with van der Waals surface area (Å²) in [7, 11) is 0. The van der Waals surface area contributed by atoms with Gasteiger partial charge in [-0.25, -0.2) is 0 Å². The van der Waals surface area contributed by atoms with Crippen molar-refractivity contribution in [3.63, 3.8) is 0 Å². The van der Waals surface area contributed by atoms with E-state index in [4.69, 9.17) is 4.74 Å². The Morgan fingerprint density at radius 3 is 2.16 bits per heavy atom. The standard InChI is InChI=1S/C26H28N2O3/c1-26(2,3)25(30)28-21-13-9-12-20(18-21)27-24(29)22-14-7-8-15-23(22)31-17-16-19-10-5-4-6-11-19/h4-15,18H,16-17H2,1-3H3,(H,27,29)(H,28,30). The first-order valence-corrected chi connectivity index (χ1v) is 10.3. The molecule has 0 aromatic heterocycles. The van der Waals surface area contributed by atoms with Gasteiger partial charge in [-0.05, 0) is 35.9 Å². The Morgan fingerprint density at radius 1 is 0.806 bits per heavy atom. The van der Waals surface area contributed by atoms with Gasteiger partial charge >= 0.3 is 0 Å². The van der Waals surface area contributed by atoms with Crippen LogP contribution in [0.1, 0.15) is 36.7 Å². The van der Waals surface area contributed by atoms with Crippen LogP contribution in [0.5, 0.6) is 5.75 Å². The van der Waals surface area contributed by atoms with Gasteiger partial charge in [-0.1, -0.05) is 69.3 Å². The van der Waals surface area contributed by atoms with E-state index < -0.39 is 5.41 Å². The summed E-state index contributed by atoms with van der Waals surface area (Å²) in [5.41, 5.74) is 2.36. The van der Waals surface area contributed by atoms with Gasteiger partial charge in [-0.15, -0.1) is 0 Å². The first kappa shape index (κ1) is 22.1. The van der Waals surface area contributed by atoms with E-state index >= 15 is 0 Å². The number of carbonyl (C=O) groups is 2. The molecule has 0 fully saturated rings. The van der Waals surface area contributed by atoms with E-state index in [-0.39, 0.29) is 11.8 Å². The van der Waals surface area contributed by atoms with Crippen LogP contribution in [0, 0.1) is 5.41 Å². The summed E-state index contributed by atoms with van der Waals surface area (Å²) in [4.78, 5) is 25.1. The zero-order valence-electron chi connectivity index (χ0n) is 18.1. The molecule has 2 amide bonds. The minimum absolute atomic E-state index is 0.0897. The predicted octanol–water partition coefficient (Wildman–Crippen LogP) is 5.55. The number of hydrogen-bond acceptors (Lipinski definition) is 3. The topological polar surface area (TPSA) is 67.4 Å². The summed E-state index contributed by atoms with van der Waals surface area (Å²) in [6.07, 6.45) is 0.756. The first-order valence-electron chi connectivity index (χ1n) is 10.3. The minimum Gasteiger partial charge on any atom is -0.492 e. The molecule has 0 radical (unpaired) electrons. The van der Waals surface area contributed by atoms with Crippen molar-refractivity contribution in [1.29, 1.82) is 0 Å². The molecule has 0 spiro atoms. The van der Waals surface area contributed by atoms with Gasteiger partial charge in [0.25, 0.3) is 5.91 Å². The summed E-state index contributed by atoms with van der Waals surface area (Å²) in [5.74, 6) is 0.177. The number of hydrogen-bond donors (Lipinski definition) is 2. The maximum atomic E-state index is 12.9. The molecule has 0 saturated carbocycles. The lowest BCUT2D eigenvalue weighted by Gasteiger charge is -2.18. The highest BCUT2D eigenvalue weighted by Gasteiger charge is 2.21. The fourth-order valence-electron chi connectivity index (χ4n) is 2.90. The molecule has 0 heterocycles. The lowest BCUT2D eigenvalue weighted by molar-refractivity contribution is -0.123. The van der Waals surface area contributed by atoms with Crippen molar-refractivity contribution in [3.05, 3.63) is 90.0 Å². The molecular weight excluding hydrogens is 388 g/mol. The number of anilines is 2. The molecule has 2 N–H and O–H groups in total. The van der Waals surface area contributed by atoms with Crippen molar-refractivity contribution in [2.45, 2.75) is 27.2 Å². The molecule has 160 valence electrons. The van der Waals surface area contributed by atoms with Crippen molar-refractivity contribution in [2.75, 3.05) is 17.2 Å². The summed E-state index contributed by atoms with van der Waals surface area (Å²) in [6.45, 7) is 6.02. The van der Waals surface area contributed by atoms with Crippen LogP contribution in [0.25, 0.3) is 0 Å². The lowest BCUT2D eigenvalue weighted by atomic mass is 9.95. The molecule has 3 aromatic carbocycles. The number of ether oxygens (including phenoxy) is 1. The highest BCUT2D eigenvalue weighted by Crippen LogP contribution is 2.23. The molecule has 0 aliphatic rings. The van der Waals surface area contributed by atoms with Crippen LogP contribution in [-0.4, -0.2) is 18.4 Å². The lowest BCUT2D eigenvalue weighted by Crippen LogP contribution is -2.27. The minimum atomic E-state index is -0.505. The van der Waals surface area contributed by atoms with Crippen molar-refractivity contribution < 1.29 is 14.3 Å². The normalized spacial score (nSPS) is 10.9. The third-order valence-electron chi connectivity index (χ3n) is 4.68. The summed E-state index contributed by atoms with van der Waals surface area (Å²) in [5, 5.41) is 5.76. The smallest absolute Gasteiger partial charge is 0.259 e. The number of benzene rings is 3. The highest BCUT2D eigenvalue weighted by atomic mass is 16.5. The Bertz CT molecular complexity index is 1040. The fraction of sp³-hybridized carbons (Fsp3) is 0.231. The second-order valence-electron chi connectivity index (χ2n) is 8.32. The van der Waals surface area contributed by atoms with E-state index in [9.17, 15) is 9.59 Å². The largest absolute Gasteiger partial charge is 0.492 e. The van der Waals surface area contributed by atoms with Crippen LogP contribution in [0.3, 0.4) is 0 Å². The molecule has 3 aromatic rings. The van der Waals surface area contributed by atoms with Crippen LogP contribution < -0.4 is 15.4 Å². The molecule has 0 unspecified atom stereocenters. The van der Waals surface area contributed by atoms with Crippen LogP contribution in [0.2, 0.25) is 0 Å². The Morgan fingerprint density at radius 2 is 1.45 bits per heavy atom. The third-order valence-corrected chi connectivity index (χ3v) is 4.68. The Hall–Kier alpha value is -3.60. The van der Waals surface area contributed by atoms with Crippen LogP contribution in [0.4, 0.5) is 11.4 Å². The van der Waals surface area contributed by atoms with Crippen molar-refractivity contribution in [1.82, 2.24) is 0 Å². The van der Waals surface area contributed by atoms with Crippen LogP contribution in [-0.2, 0) is 11.2 Å². The van der Waals surface area contributed by atoms with Gasteiger partial charge in [-0.2, -0.15) is 0 Å². The molecule has 0 saturated heterocycles. The molecule has 5 nitrogen and oxygen atoms in total. The molecule has 0 aliphatic heterocycles. The molecule has 0 atom stereocenters. The monoisotopic (exact) mass is 416 g/mol. The third kappa shape index (κ3) is 6.44. The van der Waals surface area contributed by atoms with Gasteiger partial charge in [0.05, 0.1) is 12.2 Å². The van der Waals surface area contributed by atoms with E-state index in [1.54, 1.807) is 42.5 Å². The number of rotatable bonds is 7. The quantitative estimate of drug-likeness (QED) is 0.531. The van der Waals surface area contributed by atoms with Gasteiger partial charge in [-0.3, -0.25) is 9.59 Å².